The maximum atomic E-state index is 14.0. The van der Waals surface area contributed by atoms with Crippen molar-refractivity contribution >= 4 is 55.4 Å². The molecule has 2 aromatic heterocycles. The summed E-state index contributed by atoms with van der Waals surface area (Å²) in [6.45, 7) is 1.90. The smallest absolute Gasteiger partial charge is 0.244 e. The highest BCUT2D eigenvalue weighted by molar-refractivity contribution is 6.19. The van der Waals surface area contributed by atoms with Crippen molar-refractivity contribution in [3.05, 3.63) is 97.1 Å². The molecule has 4 aromatic carbocycles. The first-order chi connectivity index (χ1) is 16.2. The Balaban J connectivity index is 1.56. The predicted molar refractivity (Wildman–Crippen MR) is 134 cm³/mol. The van der Waals surface area contributed by atoms with Crippen molar-refractivity contribution in [1.29, 1.82) is 0 Å². The first-order valence-electron chi connectivity index (χ1n) is 11.3. The molecule has 160 valence electrons. The second-order valence-electron chi connectivity index (χ2n) is 8.38. The van der Waals surface area contributed by atoms with E-state index in [-0.39, 0.29) is 11.8 Å². The summed E-state index contributed by atoms with van der Waals surface area (Å²) in [4.78, 5) is 28.0. The number of rotatable bonds is 3. The van der Waals surface area contributed by atoms with E-state index >= 15 is 0 Å². The lowest BCUT2D eigenvalue weighted by atomic mass is 10.0. The topological polar surface area (TPSA) is 44.0 Å². The number of hydrogen-bond acceptors (Lipinski definition) is 2. The quantitative estimate of drug-likeness (QED) is 0.286. The van der Waals surface area contributed by atoms with Gasteiger partial charge in [0.15, 0.2) is 0 Å². The summed E-state index contributed by atoms with van der Waals surface area (Å²) in [7, 11) is 0. The van der Waals surface area contributed by atoms with Crippen molar-refractivity contribution in [1.82, 2.24) is 9.13 Å². The molecule has 0 amide bonds. The number of carbonyl (C=O) groups is 2. The Labute approximate surface area is 190 Å². The lowest BCUT2D eigenvalue weighted by molar-refractivity contribution is 0.0716. The Morgan fingerprint density at radius 1 is 0.545 bits per heavy atom. The standard InChI is InChI=1S/C29H22N2O2/c1-2-19(28(32)30-24-15-7-3-11-20(24)21-12-4-8-16-25(21)30)29(33)31-26-17-9-5-13-22(26)23-14-6-10-18-27(23)31/h3-19H,2H2,1H3. The van der Waals surface area contributed by atoms with Crippen LogP contribution in [0, 0.1) is 5.92 Å². The summed E-state index contributed by atoms with van der Waals surface area (Å²) in [6, 6.07) is 31.5. The molecule has 0 N–H and O–H groups in total. The number of nitrogens with zero attached hydrogens (tertiary/aromatic N) is 2. The van der Waals surface area contributed by atoms with Gasteiger partial charge in [-0.05, 0) is 30.7 Å². The number of aromatic nitrogens is 2. The van der Waals surface area contributed by atoms with Gasteiger partial charge in [0.1, 0.15) is 5.92 Å². The normalized spacial score (nSPS) is 11.8. The first kappa shape index (κ1) is 19.5. The summed E-state index contributed by atoms with van der Waals surface area (Å²) in [5, 5.41) is 4.06. The molecule has 0 bridgehead atoms. The fourth-order valence-electron chi connectivity index (χ4n) is 5.09. The average molecular weight is 431 g/mol. The average Bonchev–Trinajstić information content (AvgIpc) is 3.37. The molecule has 33 heavy (non-hydrogen) atoms. The molecule has 0 saturated heterocycles. The van der Waals surface area contributed by atoms with E-state index in [2.05, 4.69) is 0 Å². The molecule has 4 nitrogen and oxygen atoms in total. The maximum Gasteiger partial charge on any atom is 0.244 e. The minimum absolute atomic E-state index is 0.193. The largest absolute Gasteiger partial charge is 0.279 e. The lowest BCUT2D eigenvalue weighted by Gasteiger charge is -2.17. The van der Waals surface area contributed by atoms with Gasteiger partial charge in [-0.15, -0.1) is 0 Å². The highest BCUT2D eigenvalue weighted by Crippen LogP contribution is 2.33. The summed E-state index contributed by atoms with van der Waals surface area (Å²) in [5.41, 5.74) is 3.32. The Hall–Kier alpha value is -4.18. The maximum absolute atomic E-state index is 14.0. The second kappa shape index (κ2) is 7.45. The van der Waals surface area contributed by atoms with Gasteiger partial charge in [-0.25, -0.2) is 0 Å². The minimum Gasteiger partial charge on any atom is -0.279 e. The number of benzene rings is 4. The van der Waals surface area contributed by atoms with E-state index in [0.29, 0.717) is 6.42 Å². The molecule has 0 atom stereocenters. The van der Waals surface area contributed by atoms with Crippen molar-refractivity contribution in [3.8, 4) is 0 Å². The molecule has 2 heterocycles. The van der Waals surface area contributed by atoms with Crippen LogP contribution < -0.4 is 0 Å². The first-order valence-corrected chi connectivity index (χ1v) is 11.3. The molecular weight excluding hydrogens is 408 g/mol. The molecule has 6 rings (SSSR count). The van der Waals surface area contributed by atoms with Gasteiger partial charge in [0.2, 0.25) is 11.8 Å². The van der Waals surface area contributed by atoms with Crippen molar-refractivity contribution in [2.45, 2.75) is 13.3 Å². The van der Waals surface area contributed by atoms with Crippen LogP contribution in [0.2, 0.25) is 0 Å². The van der Waals surface area contributed by atoms with Gasteiger partial charge in [0, 0.05) is 21.5 Å². The molecule has 0 fully saturated rings. The monoisotopic (exact) mass is 430 g/mol. The fraction of sp³-hybridized carbons (Fsp3) is 0.103. The van der Waals surface area contributed by atoms with Gasteiger partial charge in [-0.2, -0.15) is 0 Å². The van der Waals surface area contributed by atoms with E-state index in [1.165, 1.54) is 0 Å². The molecule has 0 unspecified atom stereocenters. The summed E-state index contributed by atoms with van der Waals surface area (Å²) < 4.78 is 3.45. The third-order valence-corrected chi connectivity index (χ3v) is 6.61. The van der Waals surface area contributed by atoms with Gasteiger partial charge >= 0.3 is 0 Å². The molecule has 0 aliphatic carbocycles. The zero-order valence-corrected chi connectivity index (χ0v) is 18.2. The summed E-state index contributed by atoms with van der Waals surface area (Å²) in [6.07, 6.45) is 0.416. The molecule has 0 spiro atoms. The van der Waals surface area contributed by atoms with Crippen LogP contribution in [0.5, 0.6) is 0 Å². The Bertz CT molecular complexity index is 1470. The lowest BCUT2D eigenvalue weighted by Crippen LogP contribution is -2.32. The Kier molecular flexibility index (Phi) is 4.40. The molecule has 4 heteroatoms. The molecule has 0 radical (unpaired) electrons. The third kappa shape index (κ3) is 2.77. The van der Waals surface area contributed by atoms with E-state index in [4.69, 9.17) is 0 Å². The van der Waals surface area contributed by atoms with E-state index < -0.39 is 5.92 Å². The summed E-state index contributed by atoms with van der Waals surface area (Å²) in [5.74, 6) is -1.19. The molecular formula is C29H22N2O2. The van der Waals surface area contributed by atoms with Crippen molar-refractivity contribution in [3.63, 3.8) is 0 Å². The van der Waals surface area contributed by atoms with Gasteiger partial charge < -0.3 is 0 Å². The molecule has 0 aliphatic rings. The zero-order chi connectivity index (χ0) is 22.5. The fourth-order valence-corrected chi connectivity index (χ4v) is 5.09. The van der Waals surface area contributed by atoms with E-state index in [1.807, 2.05) is 104 Å². The Morgan fingerprint density at radius 2 is 0.818 bits per heavy atom. The number of carbonyl (C=O) groups excluding carboxylic acids is 2. The number of fused-ring (bicyclic) bond motifs is 6. The van der Waals surface area contributed by atoms with Crippen molar-refractivity contribution in [2.75, 3.05) is 0 Å². The SMILES string of the molecule is CCC(C(=O)n1c2ccccc2c2ccccc21)C(=O)n1c2ccccc2c2ccccc21. The van der Waals surface area contributed by atoms with Gasteiger partial charge in [-0.1, -0.05) is 79.7 Å². The third-order valence-electron chi connectivity index (χ3n) is 6.61. The highest BCUT2D eigenvalue weighted by atomic mass is 16.2. The number of para-hydroxylation sites is 4. The zero-order valence-electron chi connectivity index (χ0n) is 18.2. The van der Waals surface area contributed by atoms with Crippen molar-refractivity contribution < 1.29 is 9.59 Å². The molecule has 0 saturated carbocycles. The van der Waals surface area contributed by atoms with Gasteiger partial charge in [0.25, 0.3) is 0 Å². The van der Waals surface area contributed by atoms with Gasteiger partial charge in [-0.3, -0.25) is 18.7 Å². The van der Waals surface area contributed by atoms with Crippen LogP contribution in [0.3, 0.4) is 0 Å². The number of hydrogen-bond donors (Lipinski definition) is 0. The van der Waals surface area contributed by atoms with Crippen LogP contribution >= 0.6 is 0 Å². The Morgan fingerprint density at radius 3 is 1.09 bits per heavy atom. The van der Waals surface area contributed by atoms with E-state index in [9.17, 15) is 9.59 Å². The predicted octanol–water partition coefficient (Wildman–Crippen LogP) is 6.91. The highest BCUT2D eigenvalue weighted by Gasteiger charge is 2.31. The second-order valence-corrected chi connectivity index (χ2v) is 8.38. The van der Waals surface area contributed by atoms with Crippen LogP contribution in [0.25, 0.3) is 43.6 Å². The van der Waals surface area contributed by atoms with E-state index in [0.717, 1.165) is 43.6 Å². The minimum atomic E-state index is -0.802. The van der Waals surface area contributed by atoms with E-state index in [1.54, 1.807) is 9.13 Å². The molecule has 0 aliphatic heterocycles. The van der Waals surface area contributed by atoms with Crippen LogP contribution in [0.1, 0.15) is 22.9 Å². The van der Waals surface area contributed by atoms with Crippen molar-refractivity contribution in [2.24, 2.45) is 5.92 Å². The van der Waals surface area contributed by atoms with Gasteiger partial charge in [0.05, 0.1) is 22.1 Å². The van der Waals surface area contributed by atoms with Crippen LogP contribution in [-0.2, 0) is 0 Å². The molecule has 6 aromatic rings. The van der Waals surface area contributed by atoms with Crippen LogP contribution in [-0.4, -0.2) is 20.9 Å². The van der Waals surface area contributed by atoms with Crippen LogP contribution in [0.15, 0.2) is 97.1 Å². The summed E-state index contributed by atoms with van der Waals surface area (Å²) >= 11 is 0. The van der Waals surface area contributed by atoms with Crippen LogP contribution in [0.4, 0.5) is 0 Å².